The van der Waals surface area contributed by atoms with Crippen LogP contribution >= 0.6 is 0 Å². The topological polar surface area (TPSA) is 94.0 Å². The first-order valence-corrected chi connectivity index (χ1v) is 7.87. The zero-order valence-electron chi connectivity index (χ0n) is 13.2. The number of aromatic amines is 1. The average Bonchev–Trinajstić information content (AvgIpc) is 3.13. The highest BCUT2D eigenvalue weighted by molar-refractivity contribution is 5.92. The Morgan fingerprint density at radius 1 is 1.46 bits per heavy atom. The Hall–Kier alpha value is -2.69. The van der Waals surface area contributed by atoms with Gasteiger partial charge in [-0.1, -0.05) is 6.07 Å². The van der Waals surface area contributed by atoms with Crippen molar-refractivity contribution in [2.45, 2.75) is 6.04 Å². The van der Waals surface area contributed by atoms with Gasteiger partial charge in [0.1, 0.15) is 11.8 Å². The van der Waals surface area contributed by atoms with E-state index in [1.54, 1.807) is 12.3 Å². The molecule has 1 unspecified atom stereocenters. The fourth-order valence-corrected chi connectivity index (χ4v) is 2.76. The lowest BCUT2D eigenvalue weighted by molar-refractivity contribution is 0.0153. The van der Waals surface area contributed by atoms with Gasteiger partial charge in [-0.05, 0) is 18.2 Å². The first kappa shape index (κ1) is 16.2. The van der Waals surface area contributed by atoms with E-state index in [9.17, 15) is 4.79 Å². The third-order valence-electron chi connectivity index (χ3n) is 4.03. The molecule has 1 atom stereocenters. The third kappa shape index (κ3) is 3.79. The van der Waals surface area contributed by atoms with Crippen molar-refractivity contribution in [1.29, 1.82) is 5.26 Å². The molecule has 1 aliphatic heterocycles. The van der Waals surface area contributed by atoms with Crippen LogP contribution in [0.5, 0.6) is 0 Å². The summed E-state index contributed by atoms with van der Waals surface area (Å²) in [5.74, 6) is -0.231. The van der Waals surface area contributed by atoms with E-state index in [2.05, 4.69) is 20.2 Å². The van der Waals surface area contributed by atoms with E-state index in [1.165, 1.54) is 6.20 Å². The van der Waals surface area contributed by atoms with Crippen LogP contribution in [-0.2, 0) is 4.74 Å². The summed E-state index contributed by atoms with van der Waals surface area (Å²) >= 11 is 0. The van der Waals surface area contributed by atoms with E-state index in [4.69, 9.17) is 10.00 Å². The SMILES string of the molecule is N#Cc1c[nH]c(C(=O)NCC(c2ccccn2)N2CCOCC2)c1. The predicted molar refractivity (Wildman–Crippen MR) is 87.2 cm³/mol. The Kier molecular flexibility index (Phi) is 5.21. The fourth-order valence-electron chi connectivity index (χ4n) is 2.76. The Balaban J connectivity index is 1.69. The molecule has 3 heterocycles. The summed E-state index contributed by atoms with van der Waals surface area (Å²) in [4.78, 5) is 21.8. The molecule has 124 valence electrons. The molecule has 0 spiro atoms. The predicted octanol–water partition coefficient (Wildman–Crippen LogP) is 1.08. The van der Waals surface area contributed by atoms with Gasteiger partial charge in [0.15, 0.2) is 0 Å². The number of ether oxygens (including phenoxy) is 1. The highest BCUT2D eigenvalue weighted by atomic mass is 16.5. The summed E-state index contributed by atoms with van der Waals surface area (Å²) in [6, 6.07) is 9.32. The minimum absolute atomic E-state index is 0.00977. The van der Waals surface area contributed by atoms with Gasteiger partial charge >= 0.3 is 0 Å². The summed E-state index contributed by atoms with van der Waals surface area (Å²) in [6.45, 7) is 3.41. The standard InChI is InChI=1S/C17H19N5O2/c18-10-13-9-15(20-11-13)17(23)21-12-16(14-3-1-2-4-19-14)22-5-7-24-8-6-22/h1-4,9,11,16,20H,5-8,12H2,(H,21,23). The fraction of sp³-hybridized carbons (Fsp3) is 0.353. The molecule has 0 bridgehead atoms. The Labute approximate surface area is 140 Å². The molecule has 1 aliphatic rings. The van der Waals surface area contributed by atoms with Crippen molar-refractivity contribution in [2.24, 2.45) is 0 Å². The Morgan fingerprint density at radius 3 is 2.96 bits per heavy atom. The Morgan fingerprint density at radius 2 is 2.29 bits per heavy atom. The molecule has 2 aromatic rings. The summed E-state index contributed by atoms with van der Waals surface area (Å²) in [6.07, 6.45) is 3.28. The minimum Gasteiger partial charge on any atom is -0.379 e. The summed E-state index contributed by atoms with van der Waals surface area (Å²) < 4.78 is 5.41. The van der Waals surface area contributed by atoms with Gasteiger partial charge in [0.05, 0.1) is 30.5 Å². The second-order valence-corrected chi connectivity index (χ2v) is 5.54. The molecule has 24 heavy (non-hydrogen) atoms. The molecule has 7 nitrogen and oxygen atoms in total. The molecule has 0 aromatic carbocycles. The quantitative estimate of drug-likeness (QED) is 0.858. The van der Waals surface area contributed by atoms with Crippen molar-refractivity contribution in [3.05, 3.63) is 53.6 Å². The highest BCUT2D eigenvalue weighted by Crippen LogP contribution is 2.19. The average molecular weight is 325 g/mol. The number of nitrogens with one attached hydrogen (secondary N) is 2. The van der Waals surface area contributed by atoms with Crippen molar-refractivity contribution in [2.75, 3.05) is 32.8 Å². The molecule has 2 aromatic heterocycles. The number of aromatic nitrogens is 2. The van der Waals surface area contributed by atoms with Crippen LogP contribution in [0, 0.1) is 11.3 Å². The van der Waals surface area contributed by atoms with Gasteiger partial charge in [0.2, 0.25) is 0 Å². The van der Waals surface area contributed by atoms with Crippen LogP contribution in [0.3, 0.4) is 0 Å². The van der Waals surface area contributed by atoms with Gasteiger partial charge in [0.25, 0.3) is 5.91 Å². The van der Waals surface area contributed by atoms with Crippen LogP contribution < -0.4 is 5.32 Å². The first-order valence-electron chi connectivity index (χ1n) is 7.87. The smallest absolute Gasteiger partial charge is 0.267 e. The second kappa shape index (κ2) is 7.73. The van der Waals surface area contributed by atoms with E-state index in [0.29, 0.717) is 31.0 Å². The molecule has 0 saturated carbocycles. The molecule has 1 fully saturated rings. The molecule has 2 N–H and O–H groups in total. The van der Waals surface area contributed by atoms with Crippen molar-refractivity contribution < 1.29 is 9.53 Å². The summed E-state index contributed by atoms with van der Waals surface area (Å²) in [7, 11) is 0. The van der Waals surface area contributed by atoms with Crippen LogP contribution in [0.25, 0.3) is 0 Å². The number of nitrogens with zero attached hydrogens (tertiary/aromatic N) is 3. The monoisotopic (exact) mass is 325 g/mol. The van der Waals surface area contributed by atoms with Crippen LogP contribution in [0.4, 0.5) is 0 Å². The van der Waals surface area contributed by atoms with E-state index in [0.717, 1.165) is 18.8 Å². The number of nitriles is 1. The van der Waals surface area contributed by atoms with Gasteiger partial charge < -0.3 is 15.0 Å². The van der Waals surface area contributed by atoms with Gasteiger partial charge in [-0.2, -0.15) is 5.26 Å². The summed E-state index contributed by atoms with van der Waals surface area (Å²) in [5.41, 5.74) is 1.74. The maximum Gasteiger partial charge on any atom is 0.267 e. The lowest BCUT2D eigenvalue weighted by Gasteiger charge is -2.34. The van der Waals surface area contributed by atoms with Crippen molar-refractivity contribution in [3.63, 3.8) is 0 Å². The van der Waals surface area contributed by atoms with Crippen LogP contribution in [0.15, 0.2) is 36.7 Å². The normalized spacial score (nSPS) is 16.3. The van der Waals surface area contributed by atoms with Crippen molar-refractivity contribution in [3.8, 4) is 6.07 Å². The second-order valence-electron chi connectivity index (χ2n) is 5.54. The number of carbonyl (C=O) groups is 1. The molecular formula is C17H19N5O2. The molecule has 1 saturated heterocycles. The zero-order valence-corrected chi connectivity index (χ0v) is 13.2. The lowest BCUT2D eigenvalue weighted by Crippen LogP contribution is -2.44. The van der Waals surface area contributed by atoms with E-state index < -0.39 is 0 Å². The molecule has 1 amide bonds. The number of hydrogen-bond donors (Lipinski definition) is 2. The molecular weight excluding hydrogens is 306 g/mol. The highest BCUT2D eigenvalue weighted by Gasteiger charge is 2.24. The lowest BCUT2D eigenvalue weighted by atomic mass is 10.1. The first-order chi connectivity index (χ1) is 11.8. The Bertz CT molecular complexity index is 716. The van der Waals surface area contributed by atoms with Gasteiger partial charge in [-0.25, -0.2) is 0 Å². The van der Waals surface area contributed by atoms with Gasteiger partial charge in [-0.3, -0.25) is 14.7 Å². The zero-order chi connectivity index (χ0) is 16.8. The van der Waals surface area contributed by atoms with Crippen LogP contribution in [0.1, 0.15) is 27.8 Å². The molecule has 7 heteroatoms. The maximum atomic E-state index is 12.3. The van der Waals surface area contributed by atoms with E-state index in [-0.39, 0.29) is 11.9 Å². The number of morpholine rings is 1. The number of hydrogen-bond acceptors (Lipinski definition) is 5. The van der Waals surface area contributed by atoms with E-state index >= 15 is 0 Å². The van der Waals surface area contributed by atoms with Crippen LogP contribution in [0.2, 0.25) is 0 Å². The largest absolute Gasteiger partial charge is 0.379 e. The van der Waals surface area contributed by atoms with Crippen LogP contribution in [-0.4, -0.2) is 53.6 Å². The molecule has 3 rings (SSSR count). The third-order valence-corrected chi connectivity index (χ3v) is 4.03. The summed E-state index contributed by atoms with van der Waals surface area (Å²) in [5, 5.41) is 11.8. The number of amides is 1. The maximum absolute atomic E-state index is 12.3. The van der Waals surface area contributed by atoms with E-state index in [1.807, 2.05) is 24.3 Å². The number of rotatable bonds is 5. The number of carbonyl (C=O) groups excluding carboxylic acids is 1. The van der Waals surface area contributed by atoms with Gasteiger partial charge in [0, 0.05) is 32.0 Å². The number of H-pyrrole nitrogens is 1. The number of pyridine rings is 1. The molecule has 0 aliphatic carbocycles. The van der Waals surface area contributed by atoms with Crippen molar-refractivity contribution in [1.82, 2.24) is 20.2 Å². The van der Waals surface area contributed by atoms with Crippen molar-refractivity contribution >= 4 is 5.91 Å². The minimum atomic E-state index is -0.231. The van der Waals surface area contributed by atoms with Gasteiger partial charge in [-0.15, -0.1) is 0 Å². The molecule has 0 radical (unpaired) electrons.